The molecule has 2 heteroatoms. The van der Waals surface area contributed by atoms with Crippen LogP contribution in [0.1, 0.15) is 21.7 Å². The van der Waals surface area contributed by atoms with Gasteiger partial charge in [0.15, 0.2) is 0 Å². The van der Waals surface area contributed by atoms with E-state index < -0.39 is 0 Å². The van der Waals surface area contributed by atoms with Gasteiger partial charge in [-0.3, -0.25) is 0 Å². The van der Waals surface area contributed by atoms with Crippen molar-refractivity contribution < 1.29 is 0 Å². The molecule has 1 nitrogen and oxygen atoms in total. The number of benzene rings is 3. The lowest BCUT2D eigenvalue weighted by molar-refractivity contribution is 1.42. The second-order valence-corrected chi connectivity index (χ2v) is 6.85. The first kappa shape index (κ1) is 14.9. The van der Waals surface area contributed by atoms with E-state index in [0.29, 0.717) is 0 Å². The van der Waals surface area contributed by atoms with Crippen LogP contribution in [0.3, 0.4) is 0 Å². The Bertz CT molecular complexity index is 962. The molecule has 0 N–H and O–H groups in total. The van der Waals surface area contributed by atoms with Gasteiger partial charge in [0.1, 0.15) is 5.01 Å². The fourth-order valence-electron chi connectivity index (χ4n) is 2.70. The Balaban J connectivity index is 1.88. The number of nitrogens with zero attached hydrogens (tertiary/aromatic N) is 1. The predicted molar refractivity (Wildman–Crippen MR) is 104 cm³/mol. The molecule has 0 radical (unpaired) electrons. The van der Waals surface area contributed by atoms with Gasteiger partial charge >= 0.3 is 0 Å². The SMILES string of the molecule is Cc1ccc(C=C(c2ccccc2)c2nc3ccccc3s2)cc1. The number of rotatable bonds is 3. The Hall–Kier alpha value is -2.71. The average Bonchev–Trinajstić information content (AvgIpc) is 3.06. The smallest absolute Gasteiger partial charge is 0.125 e. The van der Waals surface area contributed by atoms with Crippen molar-refractivity contribution in [2.75, 3.05) is 0 Å². The van der Waals surface area contributed by atoms with Gasteiger partial charge in [-0.15, -0.1) is 11.3 Å². The zero-order valence-electron chi connectivity index (χ0n) is 13.4. The first-order chi connectivity index (χ1) is 11.8. The summed E-state index contributed by atoms with van der Waals surface area (Å²) in [5, 5.41) is 1.06. The molecule has 0 spiro atoms. The maximum absolute atomic E-state index is 4.85. The van der Waals surface area contributed by atoms with Crippen LogP contribution in [0.5, 0.6) is 0 Å². The molecule has 0 aliphatic carbocycles. The number of aryl methyl sites for hydroxylation is 1. The highest BCUT2D eigenvalue weighted by molar-refractivity contribution is 7.19. The number of thiazole rings is 1. The molecule has 1 heterocycles. The lowest BCUT2D eigenvalue weighted by atomic mass is 10.0. The highest BCUT2D eigenvalue weighted by Gasteiger charge is 2.11. The van der Waals surface area contributed by atoms with Gasteiger partial charge in [0.05, 0.1) is 10.2 Å². The number of para-hydroxylation sites is 1. The molecule has 0 bridgehead atoms. The van der Waals surface area contributed by atoms with E-state index in [9.17, 15) is 0 Å². The van der Waals surface area contributed by atoms with Crippen molar-refractivity contribution in [1.29, 1.82) is 0 Å². The number of hydrogen-bond donors (Lipinski definition) is 0. The lowest BCUT2D eigenvalue weighted by Gasteiger charge is -2.05. The van der Waals surface area contributed by atoms with E-state index >= 15 is 0 Å². The third kappa shape index (κ3) is 3.01. The number of fused-ring (bicyclic) bond motifs is 1. The van der Waals surface area contributed by atoms with Gasteiger partial charge in [0.2, 0.25) is 0 Å². The highest BCUT2D eigenvalue weighted by Crippen LogP contribution is 2.32. The van der Waals surface area contributed by atoms with Crippen LogP contribution in [-0.2, 0) is 0 Å². The van der Waals surface area contributed by atoms with E-state index in [4.69, 9.17) is 4.98 Å². The zero-order chi connectivity index (χ0) is 16.4. The molecule has 24 heavy (non-hydrogen) atoms. The van der Waals surface area contributed by atoms with Crippen LogP contribution in [0.15, 0.2) is 78.9 Å². The Morgan fingerprint density at radius 2 is 1.54 bits per heavy atom. The van der Waals surface area contributed by atoms with Crippen molar-refractivity contribution in [2.24, 2.45) is 0 Å². The minimum Gasteiger partial charge on any atom is -0.236 e. The summed E-state index contributed by atoms with van der Waals surface area (Å²) in [6, 6.07) is 27.4. The lowest BCUT2D eigenvalue weighted by Crippen LogP contribution is -1.87. The van der Waals surface area contributed by atoms with Crippen molar-refractivity contribution >= 4 is 33.2 Å². The summed E-state index contributed by atoms with van der Waals surface area (Å²) in [5.41, 5.74) is 5.88. The van der Waals surface area contributed by atoms with Crippen LogP contribution in [0.4, 0.5) is 0 Å². The zero-order valence-corrected chi connectivity index (χ0v) is 14.3. The molecule has 3 aromatic carbocycles. The summed E-state index contributed by atoms with van der Waals surface area (Å²) >= 11 is 1.74. The molecule has 0 aliphatic rings. The van der Waals surface area contributed by atoms with Crippen molar-refractivity contribution in [3.8, 4) is 0 Å². The second-order valence-electron chi connectivity index (χ2n) is 5.82. The van der Waals surface area contributed by atoms with Gasteiger partial charge in [-0.1, -0.05) is 72.3 Å². The fraction of sp³-hybridized carbons (Fsp3) is 0.0455. The summed E-state index contributed by atoms with van der Waals surface area (Å²) in [5.74, 6) is 0. The summed E-state index contributed by atoms with van der Waals surface area (Å²) in [7, 11) is 0. The molecule has 0 saturated heterocycles. The molecule has 0 saturated carbocycles. The first-order valence-corrected chi connectivity index (χ1v) is 8.81. The standard InChI is InChI=1S/C22H17NS/c1-16-11-13-17(14-12-16)15-19(18-7-3-2-4-8-18)22-23-20-9-5-6-10-21(20)24-22/h2-15H,1H3. The van der Waals surface area contributed by atoms with Crippen molar-refractivity contribution in [2.45, 2.75) is 6.92 Å². The highest BCUT2D eigenvalue weighted by atomic mass is 32.1. The van der Waals surface area contributed by atoms with Crippen LogP contribution in [-0.4, -0.2) is 4.98 Å². The molecule has 0 amide bonds. The molecule has 1 aromatic heterocycles. The monoisotopic (exact) mass is 327 g/mol. The van der Waals surface area contributed by atoms with Gasteiger partial charge in [-0.05, 0) is 36.3 Å². The molecular weight excluding hydrogens is 310 g/mol. The normalized spacial score (nSPS) is 11.8. The Morgan fingerprint density at radius 1 is 0.833 bits per heavy atom. The van der Waals surface area contributed by atoms with Crippen LogP contribution in [0.25, 0.3) is 21.9 Å². The van der Waals surface area contributed by atoms with Crippen molar-refractivity contribution in [3.05, 3.63) is 101 Å². The maximum Gasteiger partial charge on any atom is 0.125 e. The molecule has 4 rings (SSSR count). The van der Waals surface area contributed by atoms with Crippen LogP contribution >= 0.6 is 11.3 Å². The van der Waals surface area contributed by atoms with Crippen molar-refractivity contribution in [1.82, 2.24) is 4.98 Å². The molecule has 4 aromatic rings. The number of aromatic nitrogens is 1. The minimum absolute atomic E-state index is 1.06. The molecular formula is C22H17NS. The Labute approximate surface area is 145 Å². The van der Waals surface area contributed by atoms with Gasteiger partial charge in [0.25, 0.3) is 0 Å². The summed E-state index contributed by atoms with van der Waals surface area (Å²) in [6.07, 6.45) is 2.23. The van der Waals surface area contributed by atoms with Gasteiger partial charge in [-0.25, -0.2) is 4.98 Å². The third-order valence-corrected chi connectivity index (χ3v) is 5.07. The summed E-state index contributed by atoms with van der Waals surface area (Å²) in [4.78, 5) is 4.85. The molecule has 116 valence electrons. The minimum atomic E-state index is 1.06. The molecule has 0 unspecified atom stereocenters. The largest absolute Gasteiger partial charge is 0.236 e. The van der Waals surface area contributed by atoms with Crippen LogP contribution in [0.2, 0.25) is 0 Å². The first-order valence-electron chi connectivity index (χ1n) is 7.99. The summed E-state index contributed by atoms with van der Waals surface area (Å²) in [6.45, 7) is 2.11. The van der Waals surface area contributed by atoms with Gasteiger partial charge in [0, 0.05) is 5.57 Å². The molecule has 0 aliphatic heterocycles. The van der Waals surface area contributed by atoms with E-state index in [1.165, 1.54) is 27.0 Å². The number of hydrogen-bond acceptors (Lipinski definition) is 2. The summed E-state index contributed by atoms with van der Waals surface area (Å²) < 4.78 is 1.22. The Kier molecular flexibility index (Phi) is 3.97. The van der Waals surface area contributed by atoms with E-state index in [1.54, 1.807) is 11.3 Å². The van der Waals surface area contributed by atoms with E-state index in [-0.39, 0.29) is 0 Å². The average molecular weight is 327 g/mol. The molecule has 0 fully saturated rings. The van der Waals surface area contributed by atoms with Crippen LogP contribution < -0.4 is 0 Å². The topological polar surface area (TPSA) is 12.9 Å². The van der Waals surface area contributed by atoms with Crippen LogP contribution in [0, 0.1) is 6.92 Å². The van der Waals surface area contributed by atoms with E-state index in [2.05, 4.69) is 79.7 Å². The quantitative estimate of drug-likeness (QED) is 0.409. The van der Waals surface area contributed by atoms with E-state index in [0.717, 1.165) is 10.5 Å². The van der Waals surface area contributed by atoms with E-state index in [1.807, 2.05) is 12.1 Å². The predicted octanol–water partition coefficient (Wildman–Crippen LogP) is 6.19. The van der Waals surface area contributed by atoms with Crippen molar-refractivity contribution in [3.63, 3.8) is 0 Å². The molecule has 0 atom stereocenters. The van der Waals surface area contributed by atoms with Gasteiger partial charge < -0.3 is 0 Å². The maximum atomic E-state index is 4.85. The van der Waals surface area contributed by atoms with Gasteiger partial charge in [-0.2, -0.15) is 0 Å². The fourth-order valence-corrected chi connectivity index (χ4v) is 3.71. The third-order valence-electron chi connectivity index (χ3n) is 4.00. The second kappa shape index (κ2) is 6.42. The Morgan fingerprint density at radius 3 is 2.29 bits per heavy atom.